The van der Waals surface area contributed by atoms with Crippen molar-refractivity contribution in [2.45, 2.75) is 44.7 Å². The number of fused-ring (bicyclic) bond motifs is 1. The molecule has 1 aliphatic carbocycles. The molecule has 1 unspecified atom stereocenters. The van der Waals surface area contributed by atoms with E-state index in [1.165, 1.54) is 0 Å². The molecule has 1 aromatic carbocycles. The van der Waals surface area contributed by atoms with Crippen molar-refractivity contribution in [1.82, 2.24) is 25.1 Å². The summed E-state index contributed by atoms with van der Waals surface area (Å²) in [7, 11) is 0. The molecule has 1 saturated carbocycles. The van der Waals surface area contributed by atoms with Crippen molar-refractivity contribution < 1.29 is 9.90 Å². The molecule has 0 radical (unpaired) electrons. The largest absolute Gasteiger partial charge is 0.394 e. The van der Waals surface area contributed by atoms with Crippen LogP contribution in [0.4, 0.5) is 5.95 Å². The molecule has 0 saturated heterocycles. The number of hydrogen-bond acceptors (Lipinski definition) is 6. The average molecular weight is 394 g/mol. The molecule has 0 aliphatic heterocycles. The van der Waals surface area contributed by atoms with Crippen molar-refractivity contribution in [3.8, 4) is 5.82 Å². The lowest BCUT2D eigenvalue weighted by Crippen LogP contribution is -2.41. The van der Waals surface area contributed by atoms with Gasteiger partial charge in [0.05, 0.1) is 18.3 Å². The lowest BCUT2D eigenvalue weighted by molar-refractivity contribution is -0.126. The van der Waals surface area contributed by atoms with Gasteiger partial charge in [-0.3, -0.25) is 4.79 Å². The molecule has 0 spiro atoms. The molecule has 2 heterocycles. The van der Waals surface area contributed by atoms with Crippen LogP contribution in [0.2, 0.25) is 0 Å². The van der Waals surface area contributed by atoms with Gasteiger partial charge in [0.2, 0.25) is 11.9 Å². The highest BCUT2D eigenvalue weighted by molar-refractivity contribution is 5.80. The quantitative estimate of drug-likeness (QED) is 0.592. The fourth-order valence-electron chi connectivity index (χ4n) is 3.78. The first-order chi connectivity index (χ1) is 14.1. The minimum Gasteiger partial charge on any atom is -0.394 e. The normalized spacial score (nSPS) is 20.3. The van der Waals surface area contributed by atoms with Gasteiger partial charge in [-0.2, -0.15) is 10.1 Å². The summed E-state index contributed by atoms with van der Waals surface area (Å²) in [6.45, 7) is 1.76. The first-order valence-corrected chi connectivity index (χ1v) is 10.1. The summed E-state index contributed by atoms with van der Waals surface area (Å²) in [5.41, 5.74) is 1.00. The first-order valence-electron chi connectivity index (χ1n) is 10.1. The summed E-state index contributed by atoms with van der Waals surface area (Å²) >= 11 is 0. The maximum Gasteiger partial charge on any atom is 0.224 e. The molecule has 2 aromatic heterocycles. The Morgan fingerprint density at radius 1 is 1.24 bits per heavy atom. The van der Waals surface area contributed by atoms with E-state index in [4.69, 9.17) is 5.11 Å². The van der Waals surface area contributed by atoms with Crippen LogP contribution in [0, 0.1) is 5.92 Å². The number of benzene rings is 1. The summed E-state index contributed by atoms with van der Waals surface area (Å²) in [6.07, 6.45) is 6.94. The van der Waals surface area contributed by atoms with E-state index in [0.717, 1.165) is 42.4 Å². The Bertz CT molecular complexity index is 980. The van der Waals surface area contributed by atoms with Gasteiger partial charge in [0.25, 0.3) is 0 Å². The molecule has 1 aliphatic rings. The van der Waals surface area contributed by atoms with Crippen LogP contribution in [0.5, 0.6) is 0 Å². The molecule has 0 bridgehead atoms. The maximum absolute atomic E-state index is 12.2. The number of aliphatic hydroxyl groups is 1. The van der Waals surface area contributed by atoms with Gasteiger partial charge in [-0.15, -0.1) is 0 Å². The molecule has 8 heteroatoms. The van der Waals surface area contributed by atoms with Gasteiger partial charge >= 0.3 is 0 Å². The lowest BCUT2D eigenvalue weighted by Gasteiger charge is -2.29. The molecule has 29 heavy (non-hydrogen) atoms. The molecule has 1 amide bonds. The summed E-state index contributed by atoms with van der Waals surface area (Å²) in [5, 5.41) is 20.9. The Morgan fingerprint density at radius 2 is 2.03 bits per heavy atom. The lowest BCUT2D eigenvalue weighted by atomic mass is 9.85. The standard InChI is InChI=1S/C21H26N6O2/c1-14(13-28)24-20(29)15-6-8-17(9-7-15)25-21-22-11-10-19(26-21)27-18-5-3-2-4-16(18)12-23-27/h2-5,10-12,14-15,17,28H,6-9,13H2,1H3,(H,24,29)(H,22,25,26). The summed E-state index contributed by atoms with van der Waals surface area (Å²) in [5.74, 6) is 1.33. The number of para-hydroxylation sites is 1. The molecule has 4 rings (SSSR count). The van der Waals surface area contributed by atoms with E-state index in [0.29, 0.717) is 5.95 Å². The Morgan fingerprint density at radius 3 is 2.83 bits per heavy atom. The Labute approximate surface area is 169 Å². The number of nitrogens with one attached hydrogen (secondary N) is 2. The Hall–Kier alpha value is -3.00. The van der Waals surface area contributed by atoms with E-state index >= 15 is 0 Å². The van der Waals surface area contributed by atoms with Gasteiger partial charge in [-0.05, 0) is 38.7 Å². The smallest absolute Gasteiger partial charge is 0.224 e. The van der Waals surface area contributed by atoms with Crippen molar-refractivity contribution in [2.75, 3.05) is 11.9 Å². The minimum atomic E-state index is -0.201. The maximum atomic E-state index is 12.2. The van der Waals surface area contributed by atoms with Gasteiger partial charge in [0, 0.05) is 35.7 Å². The number of aromatic nitrogens is 4. The molecular weight excluding hydrogens is 368 g/mol. The van der Waals surface area contributed by atoms with E-state index in [9.17, 15) is 4.79 Å². The third-order valence-electron chi connectivity index (χ3n) is 5.43. The number of carbonyl (C=O) groups excluding carboxylic acids is 1. The van der Waals surface area contributed by atoms with Crippen LogP contribution in [0.15, 0.2) is 42.7 Å². The second-order valence-corrected chi connectivity index (χ2v) is 7.64. The third kappa shape index (κ3) is 4.37. The number of anilines is 1. The summed E-state index contributed by atoms with van der Waals surface area (Å²) in [4.78, 5) is 21.2. The van der Waals surface area contributed by atoms with Crippen LogP contribution in [-0.2, 0) is 4.79 Å². The molecular formula is C21H26N6O2. The Kier molecular flexibility index (Phi) is 5.71. The van der Waals surface area contributed by atoms with E-state index in [2.05, 4.69) is 25.7 Å². The van der Waals surface area contributed by atoms with E-state index < -0.39 is 0 Å². The van der Waals surface area contributed by atoms with Gasteiger partial charge in [-0.1, -0.05) is 18.2 Å². The van der Waals surface area contributed by atoms with Gasteiger partial charge in [0.15, 0.2) is 5.82 Å². The van der Waals surface area contributed by atoms with Crippen LogP contribution in [0.1, 0.15) is 32.6 Å². The van der Waals surface area contributed by atoms with Crippen LogP contribution in [0.25, 0.3) is 16.7 Å². The molecule has 152 valence electrons. The highest BCUT2D eigenvalue weighted by Gasteiger charge is 2.27. The highest BCUT2D eigenvalue weighted by atomic mass is 16.3. The van der Waals surface area contributed by atoms with Crippen LogP contribution in [0.3, 0.4) is 0 Å². The van der Waals surface area contributed by atoms with Crippen LogP contribution >= 0.6 is 0 Å². The predicted octanol–water partition coefficient (Wildman–Crippen LogP) is 2.28. The van der Waals surface area contributed by atoms with Crippen LogP contribution in [-0.4, -0.2) is 49.5 Å². The molecule has 3 aromatic rings. The molecule has 1 atom stereocenters. The van der Waals surface area contributed by atoms with Crippen molar-refractivity contribution in [2.24, 2.45) is 5.92 Å². The van der Waals surface area contributed by atoms with Crippen molar-refractivity contribution >= 4 is 22.8 Å². The summed E-state index contributed by atoms with van der Waals surface area (Å²) < 4.78 is 1.81. The predicted molar refractivity (Wildman–Crippen MR) is 111 cm³/mol. The minimum absolute atomic E-state index is 0.00439. The number of carbonyl (C=O) groups is 1. The van der Waals surface area contributed by atoms with E-state index in [1.54, 1.807) is 13.1 Å². The van der Waals surface area contributed by atoms with Gasteiger partial charge in [0.1, 0.15) is 0 Å². The molecule has 3 N–H and O–H groups in total. The fraction of sp³-hybridized carbons (Fsp3) is 0.429. The van der Waals surface area contributed by atoms with Crippen molar-refractivity contribution in [3.63, 3.8) is 0 Å². The SMILES string of the molecule is CC(CO)NC(=O)C1CCC(Nc2nccc(-n3ncc4ccccc43)n2)CC1. The number of aliphatic hydroxyl groups excluding tert-OH is 1. The van der Waals surface area contributed by atoms with Crippen molar-refractivity contribution in [3.05, 3.63) is 42.7 Å². The van der Waals surface area contributed by atoms with Crippen molar-refractivity contribution in [1.29, 1.82) is 0 Å². The number of nitrogens with zero attached hydrogens (tertiary/aromatic N) is 4. The second kappa shape index (κ2) is 8.57. The number of rotatable bonds is 6. The zero-order valence-electron chi connectivity index (χ0n) is 16.5. The molecule has 8 nitrogen and oxygen atoms in total. The zero-order chi connectivity index (χ0) is 20.2. The highest BCUT2D eigenvalue weighted by Crippen LogP contribution is 2.26. The Balaban J connectivity index is 1.39. The van der Waals surface area contributed by atoms with Gasteiger partial charge < -0.3 is 15.7 Å². The first kappa shape index (κ1) is 19.3. The summed E-state index contributed by atoms with van der Waals surface area (Å²) in [6, 6.07) is 9.89. The molecule has 1 fully saturated rings. The van der Waals surface area contributed by atoms with Crippen LogP contribution < -0.4 is 10.6 Å². The second-order valence-electron chi connectivity index (χ2n) is 7.64. The average Bonchev–Trinajstić information content (AvgIpc) is 3.18. The van der Waals surface area contributed by atoms with E-state index in [1.807, 2.05) is 41.2 Å². The fourth-order valence-corrected chi connectivity index (χ4v) is 3.78. The number of hydrogen-bond donors (Lipinski definition) is 3. The van der Waals surface area contributed by atoms with E-state index in [-0.39, 0.29) is 30.5 Å². The number of amides is 1. The zero-order valence-corrected chi connectivity index (χ0v) is 16.5. The third-order valence-corrected chi connectivity index (χ3v) is 5.43. The topological polar surface area (TPSA) is 105 Å². The van der Waals surface area contributed by atoms with Gasteiger partial charge in [-0.25, -0.2) is 9.67 Å². The monoisotopic (exact) mass is 394 g/mol.